The molecule has 2 aliphatic rings. The fourth-order valence-corrected chi connectivity index (χ4v) is 3.80. The van der Waals surface area contributed by atoms with Crippen LogP contribution in [0.25, 0.3) is 0 Å². The second-order valence-corrected chi connectivity index (χ2v) is 6.26. The number of ether oxygens (including phenoxy) is 1. The van der Waals surface area contributed by atoms with Gasteiger partial charge in [-0.25, -0.2) is 9.18 Å². The molecule has 2 rings (SSSR count). The number of carbonyl (C=O) groups excluding carboxylic acids is 1. The average Bonchev–Trinajstić information content (AvgIpc) is 2.48. The topological polar surface area (TPSA) is 26.3 Å². The van der Waals surface area contributed by atoms with Crippen LogP contribution in [0, 0.1) is 5.92 Å². The molecular formula is C16H27FO2. The van der Waals surface area contributed by atoms with Gasteiger partial charge in [-0.1, -0.05) is 32.6 Å². The van der Waals surface area contributed by atoms with Gasteiger partial charge in [0, 0.05) is 0 Å². The van der Waals surface area contributed by atoms with Gasteiger partial charge in [0.15, 0.2) is 6.17 Å². The first-order valence-electron chi connectivity index (χ1n) is 8.05. The highest BCUT2D eigenvalue weighted by Crippen LogP contribution is 2.44. The van der Waals surface area contributed by atoms with Crippen LogP contribution in [0.5, 0.6) is 0 Å². The normalized spacial score (nSPS) is 25.8. The Kier molecular flexibility index (Phi) is 5.23. The van der Waals surface area contributed by atoms with Crippen molar-refractivity contribution in [2.45, 2.75) is 89.3 Å². The van der Waals surface area contributed by atoms with E-state index in [1.165, 1.54) is 25.7 Å². The lowest BCUT2D eigenvalue weighted by atomic mass is 9.69. The second kappa shape index (κ2) is 6.71. The third kappa shape index (κ3) is 3.49. The second-order valence-electron chi connectivity index (χ2n) is 6.26. The number of hydrogen-bond donors (Lipinski definition) is 0. The van der Waals surface area contributed by atoms with Gasteiger partial charge in [0.2, 0.25) is 0 Å². The fourth-order valence-electron chi connectivity index (χ4n) is 3.80. The van der Waals surface area contributed by atoms with Crippen LogP contribution in [-0.2, 0) is 9.53 Å². The van der Waals surface area contributed by atoms with E-state index in [0.717, 1.165) is 38.5 Å². The summed E-state index contributed by atoms with van der Waals surface area (Å²) in [6.07, 6.45) is 10.2. The summed E-state index contributed by atoms with van der Waals surface area (Å²) in [6.45, 7) is 1.69. The SMILES string of the molecule is CC[C@@H](F)C(=O)OC1(C2CCCCC2)CCCCC1. The highest BCUT2D eigenvalue weighted by Gasteiger charge is 2.44. The van der Waals surface area contributed by atoms with Crippen molar-refractivity contribution in [3.05, 3.63) is 0 Å². The minimum Gasteiger partial charge on any atom is -0.457 e. The summed E-state index contributed by atoms with van der Waals surface area (Å²) in [5, 5.41) is 0. The van der Waals surface area contributed by atoms with Gasteiger partial charge < -0.3 is 4.74 Å². The number of esters is 1. The van der Waals surface area contributed by atoms with E-state index < -0.39 is 12.1 Å². The first-order valence-corrected chi connectivity index (χ1v) is 8.05. The summed E-state index contributed by atoms with van der Waals surface area (Å²) in [4.78, 5) is 11.9. The van der Waals surface area contributed by atoms with Crippen LogP contribution in [0.2, 0.25) is 0 Å². The molecule has 2 nitrogen and oxygen atoms in total. The monoisotopic (exact) mass is 270 g/mol. The predicted octanol–water partition coefficient (Wildman–Crippen LogP) is 4.56. The molecule has 0 N–H and O–H groups in total. The van der Waals surface area contributed by atoms with Crippen molar-refractivity contribution < 1.29 is 13.9 Å². The Hall–Kier alpha value is -0.600. The largest absolute Gasteiger partial charge is 0.457 e. The van der Waals surface area contributed by atoms with Gasteiger partial charge >= 0.3 is 5.97 Å². The van der Waals surface area contributed by atoms with Crippen molar-refractivity contribution in [1.29, 1.82) is 0 Å². The van der Waals surface area contributed by atoms with Crippen LogP contribution >= 0.6 is 0 Å². The molecule has 1 atom stereocenters. The molecule has 0 radical (unpaired) electrons. The van der Waals surface area contributed by atoms with E-state index in [9.17, 15) is 9.18 Å². The zero-order chi connectivity index (χ0) is 13.7. The quantitative estimate of drug-likeness (QED) is 0.700. The van der Waals surface area contributed by atoms with Gasteiger partial charge in [0.05, 0.1) is 0 Å². The molecule has 0 saturated heterocycles. The highest BCUT2D eigenvalue weighted by molar-refractivity contribution is 5.75. The molecule has 2 saturated carbocycles. The molecule has 0 aromatic carbocycles. The molecule has 3 heteroatoms. The molecule has 0 aromatic heterocycles. The summed E-state index contributed by atoms with van der Waals surface area (Å²) in [6, 6.07) is 0. The smallest absolute Gasteiger partial charge is 0.341 e. The predicted molar refractivity (Wildman–Crippen MR) is 73.7 cm³/mol. The molecule has 110 valence electrons. The van der Waals surface area contributed by atoms with E-state index in [1.807, 2.05) is 0 Å². The maximum absolute atomic E-state index is 13.5. The van der Waals surface area contributed by atoms with E-state index in [2.05, 4.69) is 0 Å². The lowest BCUT2D eigenvalue weighted by Gasteiger charge is -2.44. The number of alkyl halides is 1. The highest BCUT2D eigenvalue weighted by atomic mass is 19.1. The summed E-state index contributed by atoms with van der Waals surface area (Å²) in [5.41, 5.74) is -0.338. The Morgan fingerprint density at radius 3 is 2.32 bits per heavy atom. The molecule has 2 fully saturated rings. The first kappa shape index (κ1) is 14.8. The van der Waals surface area contributed by atoms with Crippen LogP contribution in [0.4, 0.5) is 4.39 Å². The van der Waals surface area contributed by atoms with Gasteiger partial charge in [-0.2, -0.15) is 0 Å². The molecule has 0 aromatic rings. The van der Waals surface area contributed by atoms with Gasteiger partial charge in [-0.15, -0.1) is 0 Å². The summed E-state index contributed by atoms with van der Waals surface area (Å²) < 4.78 is 19.3. The number of halogens is 1. The molecule has 2 aliphatic carbocycles. The standard InChI is InChI=1S/C16H27FO2/c1-2-14(17)15(18)19-16(11-7-4-8-12-16)13-9-5-3-6-10-13/h13-14H,2-12H2,1H3/t14-/m1/s1. The van der Waals surface area contributed by atoms with Crippen LogP contribution in [0.1, 0.15) is 77.6 Å². The van der Waals surface area contributed by atoms with Crippen LogP contribution in [0.15, 0.2) is 0 Å². The lowest BCUT2D eigenvalue weighted by Crippen LogP contribution is -2.46. The van der Waals surface area contributed by atoms with Crippen molar-refractivity contribution in [1.82, 2.24) is 0 Å². The van der Waals surface area contributed by atoms with E-state index in [4.69, 9.17) is 4.74 Å². The Labute approximate surface area is 116 Å². The van der Waals surface area contributed by atoms with Gasteiger partial charge in [-0.3, -0.25) is 0 Å². The molecule has 0 bridgehead atoms. The van der Waals surface area contributed by atoms with E-state index in [0.29, 0.717) is 5.92 Å². The summed E-state index contributed by atoms with van der Waals surface area (Å²) >= 11 is 0. The molecule has 0 aliphatic heterocycles. The third-order valence-corrected chi connectivity index (χ3v) is 4.97. The number of carbonyl (C=O) groups is 1. The van der Waals surface area contributed by atoms with Crippen LogP contribution < -0.4 is 0 Å². The van der Waals surface area contributed by atoms with E-state index in [-0.39, 0.29) is 12.0 Å². The molecular weight excluding hydrogens is 243 g/mol. The Morgan fingerprint density at radius 2 is 1.74 bits per heavy atom. The minimum atomic E-state index is -1.44. The summed E-state index contributed by atoms with van der Waals surface area (Å²) in [7, 11) is 0. The van der Waals surface area contributed by atoms with Crippen molar-refractivity contribution >= 4 is 5.97 Å². The van der Waals surface area contributed by atoms with Crippen molar-refractivity contribution in [3.8, 4) is 0 Å². The first-order chi connectivity index (χ1) is 9.18. The maximum atomic E-state index is 13.5. The lowest BCUT2D eigenvalue weighted by molar-refractivity contribution is -0.179. The van der Waals surface area contributed by atoms with Gasteiger partial charge in [0.1, 0.15) is 5.60 Å². The molecule has 0 amide bonds. The van der Waals surface area contributed by atoms with E-state index in [1.54, 1.807) is 6.92 Å². The molecule has 0 heterocycles. The van der Waals surface area contributed by atoms with E-state index >= 15 is 0 Å². The fraction of sp³-hybridized carbons (Fsp3) is 0.938. The number of hydrogen-bond acceptors (Lipinski definition) is 2. The number of rotatable bonds is 4. The Morgan fingerprint density at radius 1 is 1.16 bits per heavy atom. The average molecular weight is 270 g/mol. The van der Waals surface area contributed by atoms with Gasteiger partial charge in [0.25, 0.3) is 0 Å². The van der Waals surface area contributed by atoms with Gasteiger partial charge in [-0.05, 0) is 50.9 Å². The van der Waals surface area contributed by atoms with Crippen LogP contribution in [0.3, 0.4) is 0 Å². The summed E-state index contributed by atoms with van der Waals surface area (Å²) in [5.74, 6) is -0.149. The molecule has 0 unspecified atom stereocenters. The maximum Gasteiger partial charge on any atom is 0.341 e. The molecule has 19 heavy (non-hydrogen) atoms. The van der Waals surface area contributed by atoms with Crippen molar-refractivity contribution in [2.24, 2.45) is 5.92 Å². The van der Waals surface area contributed by atoms with Crippen LogP contribution in [-0.4, -0.2) is 17.7 Å². The third-order valence-electron chi connectivity index (χ3n) is 4.97. The zero-order valence-electron chi connectivity index (χ0n) is 12.1. The molecule has 0 spiro atoms. The Balaban J connectivity index is 2.07. The van der Waals surface area contributed by atoms with Crippen molar-refractivity contribution in [2.75, 3.05) is 0 Å². The minimum absolute atomic E-state index is 0.222. The van der Waals surface area contributed by atoms with Crippen molar-refractivity contribution in [3.63, 3.8) is 0 Å². The Bertz CT molecular complexity index is 291. The zero-order valence-corrected chi connectivity index (χ0v) is 12.1.